The molecule has 0 spiro atoms. The van der Waals surface area contributed by atoms with Gasteiger partial charge < -0.3 is 15.2 Å². The first-order chi connectivity index (χ1) is 12.4. The van der Waals surface area contributed by atoms with Gasteiger partial charge in [0, 0.05) is 26.1 Å². The Morgan fingerprint density at radius 3 is 2.84 bits per heavy atom. The van der Waals surface area contributed by atoms with Gasteiger partial charge in [0.25, 0.3) is 0 Å². The van der Waals surface area contributed by atoms with Crippen LogP contribution in [0.4, 0.5) is 0 Å². The molecule has 1 aromatic heterocycles. The normalized spacial score (nSPS) is 18.8. The van der Waals surface area contributed by atoms with Gasteiger partial charge in [0.1, 0.15) is 12.4 Å². The van der Waals surface area contributed by atoms with Crippen molar-refractivity contribution < 1.29 is 0 Å². The van der Waals surface area contributed by atoms with E-state index < -0.39 is 0 Å². The molecule has 2 heterocycles. The molecule has 0 amide bonds. The van der Waals surface area contributed by atoms with E-state index >= 15 is 0 Å². The van der Waals surface area contributed by atoms with Crippen LogP contribution in [-0.2, 0) is 19.5 Å². The monoisotopic (exact) mass is 346 g/mol. The van der Waals surface area contributed by atoms with Crippen molar-refractivity contribution in [2.75, 3.05) is 13.1 Å². The van der Waals surface area contributed by atoms with Gasteiger partial charge in [-0.1, -0.05) is 32.1 Å². The van der Waals surface area contributed by atoms with E-state index in [1.807, 2.05) is 0 Å². The largest absolute Gasteiger partial charge is 0.357 e. The molecule has 0 aromatic carbocycles. The van der Waals surface area contributed by atoms with Crippen LogP contribution in [0.15, 0.2) is 4.99 Å². The third-order valence-corrected chi connectivity index (χ3v) is 5.47. The topological polar surface area (TPSA) is 67.1 Å². The number of hydrogen-bond acceptors (Lipinski definition) is 3. The summed E-state index contributed by atoms with van der Waals surface area (Å²) in [5, 5.41) is 15.5. The second kappa shape index (κ2) is 9.78. The fourth-order valence-electron chi connectivity index (χ4n) is 4.05. The average molecular weight is 347 g/mol. The van der Waals surface area contributed by atoms with Crippen LogP contribution in [-0.4, -0.2) is 33.8 Å². The highest BCUT2D eigenvalue weighted by atomic mass is 15.3. The van der Waals surface area contributed by atoms with E-state index in [1.165, 1.54) is 57.8 Å². The SMILES string of the molecule is CCNC(=NCc1nnc2n1CCCC2)NCCCC1CCCCC1. The van der Waals surface area contributed by atoms with Crippen molar-refractivity contribution in [2.24, 2.45) is 10.9 Å². The van der Waals surface area contributed by atoms with Crippen molar-refractivity contribution in [2.45, 2.75) is 84.2 Å². The van der Waals surface area contributed by atoms with Gasteiger partial charge in [-0.2, -0.15) is 0 Å². The van der Waals surface area contributed by atoms with Crippen LogP contribution in [0, 0.1) is 5.92 Å². The lowest BCUT2D eigenvalue weighted by molar-refractivity contribution is 0.332. The number of aryl methyl sites for hydroxylation is 1. The van der Waals surface area contributed by atoms with Gasteiger partial charge in [0.05, 0.1) is 0 Å². The molecule has 6 heteroatoms. The molecule has 140 valence electrons. The van der Waals surface area contributed by atoms with Crippen LogP contribution < -0.4 is 10.6 Å². The van der Waals surface area contributed by atoms with Crippen LogP contribution in [0.5, 0.6) is 0 Å². The van der Waals surface area contributed by atoms with Crippen molar-refractivity contribution in [1.29, 1.82) is 0 Å². The zero-order valence-corrected chi connectivity index (χ0v) is 15.8. The molecule has 0 radical (unpaired) electrons. The zero-order valence-electron chi connectivity index (χ0n) is 15.8. The van der Waals surface area contributed by atoms with Crippen LogP contribution in [0.3, 0.4) is 0 Å². The predicted octanol–water partition coefficient (Wildman–Crippen LogP) is 3.03. The summed E-state index contributed by atoms with van der Waals surface area (Å²) in [4.78, 5) is 4.72. The second-order valence-electron chi connectivity index (χ2n) is 7.41. The second-order valence-corrected chi connectivity index (χ2v) is 7.41. The third-order valence-electron chi connectivity index (χ3n) is 5.47. The Morgan fingerprint density at radius 1 is 1.12 bits per heavy atom. The van der Waals surface area contributed by atoms with E-state index in [9.17, 15) is 0 Å². The van der Waals surface area contributed by atoms with E-state index in [2.05, 4.69) is 32.3 Å². The third kappa shape index (κ3) is 5.44. The molecule has 1 fully saturated rings. The molecule has 6 nitrogen and oxygen atoms in total. The lowest BCUT2D eigenvalue weighted by Crippen LogP contribution is -2.38. The maximum atomic E-state index is 4.72. The van der Waals surface area contributed by atoms with Crippen molar-refractivity contribution >= 4 is 5.96 Å². The quantitative estimate of drug-likeness (QED) is 0.452. The number of hydrogen-bond donors (Lipinski definition) is 2. The highest BCUT2D eigenvalue weighted by Crippen LogP contribution is 2.26. The van der Waals surface area contributed by atoms with Gasteiger partial charge in [-0.15, -0.1) is 10.2 Å². The summed E-state index contributed by atoms with van der Waals surface area (Å²) in [6, 6.07) is 0. The van der Waals surface area contributed by atoms with E-state index in [4.69, 9.17) is 4.99 Å². The summed E-state index contributed by atoms with van der Waals surface area (Å²) >= 11 is 0. The predicted molar refractivity (Wildman–Crippen MR) is 102 cm³/mol. The molecule has 1 aromatic rings. The number of nitrogens with zero attached hydrogens (tertiary/aromatic N) is 4. The maximum Gasteiger partial charge on any atom is 0.191 e. The Hall–Kier alpha value is -1.59. The van der Waals surface area contributed by atoms with Crippen LogP contribution in [0.2, 0.25) is 0 Å². The zero-order chi connectivity index (χ0) is 17.3. The number of guanidine groups is 1. The molecule has 3 rings (SSSR count). The lowest BCUT2D eigenvalue weighted by Gasteiger charge is -2.21. The Kier molecular flexibility index (Phi) is 7.12. The molecule has 25 heavy (non-hydrogen) atoms. The first-order valence-corrected chi connectivity index (χ1v) is 10.3. The van der Waals surface area contributed by atoms with Gasteiger partial charge >= 0.3 is 0 Å². The molecule has 2 N–H and O–H groups in total. The van der Waals surface area contributed by atoms with Gasteiger partial charge in [-0.25, -0.2) is 4.99 Å². The summed E-state index contributed by atoms with van der Waals surface area (Å²) in [5.41, 5.74) is 0. The first kappa shape index (κ1) is 18.2. The minimum Gasteiger partial charge on any atom is -0.357 e. The Morgan fingerprint density at radius 2 is 2.00 bits per heavy atom. The van der Waals surface area contributed by atoms with Crippen molar-refractivity contribution in [3.05, 3.63) is 11.6 Å². The smallest absolute Gasteiger partial charge is 0.191 e. The molecular formula is C19H34N6. The lowest BCUT2D eigenvalue weighted by atomic mass is 9.86. The number of nitrogens with one attached hydrogen (secondary N) is 2. The van der Waals surface area contributed by atoms with Crippen LogP contribution in [0.1, 0.15) is 76.4 Å². The van der Waals surface area contributed by atoms with E-state index in [0.29, 0.717) is 6.54 Å². The molecule has 2 aliphatic rings. The highest BCUT2D eigenvalue weighted by Gasteiger charge is 2.15. The Balaban J connectivity index is 1.45. The fraction of sp³-hybridized carbons (Fsp3) is 0.842. The number of aliphatic imine (C=N–C) groups is 1. The van der Waals surface area contributed by atoms with Crippen molar-refractivity contribution in [1.82, 2.24) is 25.4 Å². The molecule has 1 saturated carbocycles. The van der Waals surface area contributed by atoms with Crippen molar-refractivity contribution in [3.8, 4) is 0 Å². The standard InChI is InChI=1S/C19H34N6/c1-2-20-19(21-13-8-11-16-9-4-3-5-10-16)22-15-18-24-23-17-12-6-7-14-25(17)18/h16H,2-15H2,1H3,(H2,20,21,22). The molecule has 0 saturated heterocycles. The summed E-state index contributed by atoms with van der Waals surface area (Å²) in [6.07, 6.45) is 13.3. The van der Waals surface area contributed by atoms with Gasteiger partial charge in [-0.05, 0) is 38.5 Å². The Labute approximate surface area is 151 Å². The minimum atomic E-state index is 0.602. The van der Waals surface area contributed by atoms with E-state index in [0.717, 1.165) is 49.6 Å². The first-order valence-electron chi connectivity index (χ1n) is 10.3. The maximum absolute atomic E-state index is 4.72. The molecule has 0 bridgehead atoms. The average Bonchev–Trinajstić information content (AvgIpc) is 3.07. The van der Waals surface area contributed by atoms with Gasteiger partial charge in [0.2, 0.25) is 0 Å². The molecule has 0 unspecified atom stereocenters. The summed E-state index contributed by atoms with van der Waals surface area (Å²) < 4.78 is 2.25. The highest BCUT2D eigenvalue weighted by molar-refractivity contribution is 5.79. The van der Waals surface area contributed by atoms with Crippen LogP contribution >= 0.6 is 0 Å². The van der Waals surface area contributed by atoms with Crippen molar-refractivity contribution in [3.63, 3.8) is 0 Å². The van der Waals surface area contributed by atoms with Crippen LogP contribution in [0.25, 0.3) is 0 Å². The molecule has 1 aliphatic carbocycles. The summed E-state index contributed by atoms with van der Waals surface area (Å²) in [6.45, 7) is 5.63. The summed E-state index contributed by atoms with van der Waals surface area (Å²) in [5.74, 6) is 3.98. The Bertz CT molecular complexity index is 544. The van der Waals surface area contributed by atoms with E-state index in [1.54, 1.807) is 0 Å². The van der Waals surface area contributed by atoms with Gasteiger partial charge in [0.15, 0.2) is 11.8 Å². The minimum absolute atomic E-state index is 0.602. The molecule has 0 atom stereocenters. The molecule has 1 aliphatic heterocycles. The van der Waals surface area contributed by atoms with Gasteiger partial charge in [-0.3, -0.25) is 0 Å². The number of aromatic nitrogens is 3. The molecular weight excluding hydrogens is 312 g/mol. The fourth-order valence-corrected chi connectivity index (χ4v) is 4.05. The number of fused-ring (bicyclic) bond motifs is 1. The number of rotatable bonds is 7. The van der Waals surface area contributed by atoms with E-state index in [-0.39, 0.29) is 0 Å². The summed E-state index contributed by atoms with van der Waals surface area (Å²) in [7, 11) is 0.